The molecule has 3 aromatic rings. The maximum Gasteiger partial charge on any atom is 0.243 e. The lowest BCUT2D eigenvalue weighted by atomic mass is 10.1. The zero-order valence-electron chi connectivity index (χ0n) is 21.0. The van der Waals surface area contributed by atoms with Gasteiger partial charge in [-0.2, -0.15) is 0 Å². The van der Waals surface area contributed by atoms with Gasteiger partial charge >= 0.3 is 0 Å². The summed E-state index contributed by atoms with van der Waals surface area (Å²) < 4.78 is 2.08. The Kier molecular flexibility index (Phi) is 9.45. The maximum atomic E-state index is 12.5. The predicted molar refractivity (Wildman–Crippen MR) is 141 cm³/mol. The lowest BCUT2D eigenvalue weighted by Crippen LogP contribution is -2.34. The van der Waals surface area contributed by atoms with Gasteiger partial charge in [-0.1, -0.05) is 61.2 Å². The number of aryl methyl sites for hydroxylation is 1. The first-order valence-corrected chi connectivity index (χ1v) is 12.7. The number of hydrogen-bond donors (Lipinski definition) is 2. The highest BCUT2D eigenvalue weighted by Crippen LogP contribution is 2.26. The van der Waals surface area contributed by atoms with E-state index in [4.69, 9.17) is 0 Å². The highest BCUT2D eigenvalue weighted by atomic mass is 32.2. The van der Waals surface area contributed by atoms with E-state index in [0.29, 0.717) is 11.7 Å². The van der Waals surface area contributed by atoms with Gasteiger partial charge in [-0.25, -0.2) is 0 Å². The maximum absolute atomic E-state index is 12.5. The summed E-state index contributed by atoms with van der Waals surface area (Å²) in [5.74, 6) is 0.518. The lowest BCUT2D eigenvalue weighted by molar-refractivity contribution is -0.122. The van der Waals surface area contributed by atoms with E-state index in [-0.39, 0.29) is 30.2 Å². The molecule has 0 bridgehead atoms. The van der Waals surface area contributed by atoms with Crippen LogP contribution in [0.5, 0.6) is 0 Å². The molecular weight excluding hydrogens is 460 g/mol. The molecule has 35 heavy (non-hydrogen) atoms. The zero-order valence-corrected chi connectivity index (χ0v) is 21.9. The van der Waals surface area contributed by atoms with Crippen molar-refractivity contribution in [2.24, 2.45) is 0 Å². The fourth-order valence-corrected chi connectivity index (χ4v) is 4.56. The van der Waals surface area contributed by atoms with Gasteiger partial charge in [-0.15, -0.1) is 10.2 Å². The molecule has 1 heterocycles. The van der Waals surface area contributed by atoms with Gasteiger partial charge in [0.25, 0.3) is 0 Å². The Hall–Kier alpha value is -3.17. The second-order valence-corrected chi connectivity index (χ2v) is 9.60. The van der Waals surface area contributed by atoms with Gasteiger partial charge in [0.05, 0.1) is 24.9 Å². The van der Waals surface area contributed by atoms with E-state index in [1.807, 2.05) is 64.3 Å². The highest BCUT2D eigenvalue weighted by molar-refractivity contribution is 7.99. The predicted octanol–water partition coefficient (Wildman–Crippen LogP) is 3.80. The molecule has 2 amide bonds. The number of nitrogens with one attached hydrogen (secondary N) is 2. The van der Waals surface area contributed by atoms with E-state index in [0.717, 1.165) is 34.6 Å². The smallest absolute Gasteiger partial charge is 0.243 e. The van der Waals surface area contributed by atoms with Gasteiger partial charge in [0, 0.05) is 5.69 Å². The number of amides is 2. The molecule has 8 nitrogen and oxygen atoms in total. The monoisotopic (exact) mass is 494 g/mol. The Balaban J connectivity index is 1.62. The molecule has 1 unspecified atom stereocenters. The topological polar surface area (TPSA) is 92.1 Å². The number of aromatic nitrogens is 3. The van der Waals surface area contributed by atoms with Crippen molar-refractivity contribution in [2.45, 2.75) is 44.9 Å². The van der Waals surface area contributed by atoms with E-state index in [9.17, 15) is 9.59 Å². The van der Waals surface area contributed by atoms with Crippen LogP contribution in [0, 0.1) is 13.8 Å². The first-order valence-electron chi connectivity index (χ1n) is 11.7. The molecule has 0 aliphatic carbocycles. The van der Waals surface area contributed by atoms with E-state index in [2.05, 4.69) is 49.4 Å². The molecule has 0 saturated heterocycles. The second-order valence-electron chi connectivity index (χ2n) is 8.66. The van der Waals surface area contributed by atoms with E-state index >= 15 is 0 Å². The summed E-state index contributed by atoms with van der Waals surface area (Å²) in [6, 6.07) is 16.0. The Morgan fingerprint density at radius 1 is 1.03 bits per heavy atom. The van der Waals surface area contributed by atoms with Crippen molar-refractivity contribution in [1.82, 2.24) is 25.0 Å². The SMILES string of the molecule is CCC(c1nnc(SCC(=O)NCC(=O)Nc2cccc(C)c2C)n1Cc1ccccc1)N(C)C. The minimum Gasteiger partial charge on any atom is -0.346 e. The second kappa shape index (κ2) is 12.5. The third-order valence-electron chi connectivity index (χ3n) is 5.89. The van der Waals surface area contributed by atoms with Crippen LogP contribution >= 0.6 is 11.8 Å². The normalized spacial score (nSPS) is 11.9. The number of carbonyl (C=O) groups is 2. The molecule has 3 rings (SSSR count). The number of benzene rings is 2. The van der Waals surface area contributed by atoms with Gasteiger partial charge in [-0.05, 0) is 57.1 Å². The van der Waals surface area contributed by atoms with Crippen LogP contribution in [0.1, 0.15) is 41.9 Å². The van der Waals surface area contributed by atoms with Crippen molar-refractivity contribution in [2.75, 3.05) is 31.7 Å². The summed E-state index contributed by atoms with van der Waals surface area (Å²) in [7, 11) is 4.05. The van der Waals surface area contributed by atoms with Crippen LogP contribution in [-0.4, -0.2) is 57.9 Å². The van der Waals surface area contributed by atoms with Crippen molar-refractivity contribution in [1.29, 1.82) is 0 Å². The lowest BCUT2D eigenvalue weighted by Gasteiger charge is -2.23. The molecule has 9 heteroatoms. The highest BCUT2D eigenvalue weighted by Gasteiger charge is 2.22. The first kappa shape index (κ1) is 26.4. The van der Waals surface area contributed by atoms with Crippen molar-refractivity contribution in [3.8, 4) is 0 Å². The van der Waals surface area contributed by atoms with Crippen molar-refractivity contribution >= 4 is 29.3 Å². The van der Waals surface area contributed by atoms with Crippen LogP contribution < -0.4 is 10.6 Å². The van der Waals surface area contributed by atoms with E-state index in [1.165, 1.54) is 11.8 Å². The van der Waals surface area contributed by atoms with Crippen LogP contribution in [0.25, 0.3) is 0 Å². The van der Waals surface area contributed by atoms with Gasteiger partial charge in [-0.3, -0.25) is 14.5 Å². The van der Waals surface area contributed by atoms with Crippen LogP contribution in [0.15, 0.2) is 53.7 Å². The molecule has 2 aromatic carbocycles. The Labute approximate surface area is 211 Å². The minimum atomic E-state index is -0.261. The largest absolute Gasteiger partial charge is 0.346 e. The van der Waals surface area contributed by atoms with Gasteiger partial charge in [0.1, 0.15) is 0 Å². The van der Waals surface area contributed by atoms with Crippen LogP contribution in [-0.2, 0) is 16.1 Å². The third-order valence-corrected chi connectivity index (χ3v) is 6.86. The standard InChI is InChI=1S/C26H34N6O2S/c1-6-22(31(4)5)25-29-30-26(32(25)16-20-12-8-7-9-13-20)35-17-24(34)27-15-23(33)28-21-14-10-11-18(2)19(21)3/h7-14,22H,6,15-17H2,1-5H3,(H,27,34)(H,28,33). The van der Waals surface area contributed by atoms with E-state index < -0.39 is 0 Å². The Bertz CT molecular complexity index is 1150. The first-order chi connectivity index (χ1) is 16.8. The molecule has 2 N–H and O–H groups in total. The van der Waals surface area contributed by atoms with Gasteiger partial charge in [0.2, 0.25) is 11.8 Å². The average molecular weight is 495 g/mol. The molecule has 0 saturated carbocycles. The summed E-state index contributed by atoms with van der Waals surface area (Å²) in [4.78, 5) is 26.9. The van der Waals surface area contributed by atoms with Crippen LogP contribution in [0.4, 0.5) is 5.69 Å². The fourth-order valence-electron chi connectivity index (χ4n) is 3.79. The van der Waals surface area contributed by atoms with Crippen molar-refractivity contribution in [3.05, 3.63) is 71.0 Å². The molecule has 0 aliphatic rings. The number of carbonyl (C=O) groups excluding carboxylic acids is 2. The summed E-state index contributed by atoms with van der Waals surface area (Å²) in [5, 5.41) is 15.1. The van der Waals surface area contributed by atoms with Gasteiger partial charge in [0.15, 0.2) is 11.0 Å². The Morgan fingerprint density at radius 2 is 1.77 bits per heavy atom. The van der Waals surface area contributed by atoms with E-state index in [1.54, 1.807) is 0 Å². The number of anilines is 1. The third kappa shape index (κ3) is 7.16. The quantitative estimate of drug-likeness (QED) is 0.394. The molecule has 0 radical (unpaired) electrons. The average Bonchev–Trinajstić information content (AvgIpc) is 3.22. The molecule has 1 atom stereocenters. The van der Waals surface area contributed by atoms with Crippen molar-refractivity contribution in [3.63, 3.8) is 0 Å². The number of rotatable bonds is 11. The Morgan fingerprint density at radius 3 is 2.46 bits per heavy atom. The van der Waals surface area contributed by atoms with Crippen LogP contribution in [0.3, 0.4) is 0 Å². The summed E-state index contributed by atoms with van der Waals surface area (Å²) >= 11 is 1.32. The number of thioether (sulfide) groups is 1. The fraction of sp³-hybridized carbons (Fsp3) is 0.385. The zero-order chi connectivity index (χ0) is 25.4. The summed E-state index contributed by atoms with van der Waals surface area (Å²) in [6.45, 7) is 6.60. The minimum absolute atomic E-state index is 0.0900. The molecule has 0 spiro atoms. The van der Waals surface area contributed by atoms with Gasteiger partial charge < -0.3 is 15.2 Å². The number of nitrogens with zero attached hydrogens (tertiary/aromatic N) is 4. The summed E-state index contributed by atoms with van der Waals surface area (Å²) in [6.07, 6.45) is 0.889. The molecule has 0 aliphatic heterocycles. The molecule has 1 aromatic heterocycles. The number of hydrogen-bond acceptors (Lipinski definition) is 6. The summed E-state index contributed by atoms with van der Waals surface area (Å²) in [5.41, 5.74) is 4.00. The molecular formula is C26H34N6O2S. The van der Waals surface area contributed by atoms with Crippen molar-refractivity contribution < 1.29 is 9.59 Å². The molecule has 0 fully saturated rings. The van der Waals surface area contributed by atoms with Crippen LogP contribution in [0.2, 0.25) is 0 Å². The molecule has 186 valence electrons.